The minimum atomic E-state index is -0.593. The molecule has 150 valence electrons. The van der Waals surface area contributed by atoms with Crippen LogP contribution in [0.3, 0.4) is 0 Å². The van der Waals surface area contributed by atoms with E-state index >= 15 is 0 Å². The van der Waals surface area contributed by atoms with Gasteiger partial charge < -0.3 is 9.64 Å². The van der Waals surface area contributed by atoms with Gasteiger partial charge in [0.25, 0.3) is 5.91 Å². The molecule has 1 heterocycles. The highest BCUT2D eigenvalue weighted by atomic mass is 16.5. The van der Waals surface area contributed by atoms with Gasteiger partial charge >= 0.3 is 5.97 Å². The molecule has 0 aromatic heterocycles. The lowest BCUT2D eigenvalue weighted by atomic mass is 9.79. The Morgan fingerprint density at radius 1 is 0.931 bits per heavy atom. The van der Waals surface area contributed by atoms with Crippen molar-refractivity contribution in [3.63, 3.8) is 0 Å². The Hall–Kier alpha value is -2.88. The number of hydrogen-bond donors (Lipinski definition) is 0. The lowest BCUT2D eigenvalue weighted by Gasteiger charge is -2.29. The Balaban J connectivity index is 1.36. The van der Waals surface area contributed by atoms with Gasteiger partial charge in [0, 0.05) is 13.1 Å². The Morgan fingerprint density at radius 3 is 2.21 bits per heavy atom. The molecule has 1 fully saturated rings. The van der Waals surface area contributed by atoms with Crippen LogP contribution in [0.5, 0.6) is 0 Å². The maximum absolute atomic E-state index is 13.0. The van der Waals surface area contributed by atoms with Crippen molar-refractivity contribution in [2.24, 2.45) is 0 Å². The highest BCUT2D eigenvalue weighted by molar-refractivity contribution is 5.87. The Labute approximate surface area is 172 Å². The summed E-state index contributed by atoms with van der Waals surface area (Å²) in [6.45, 7) is 1.04. The van der Waals surface area contributed by atoms with E-state index in [0.717, 1.165) is 37.7 Å². The van der Waals surface area contributed by atoms with Gasteiger partial charge in [-0.1, -0.05) is 79.6 Å². The van der Waals surface area contributed by atoms with Gasteiger partial charge in [-0.25, -0.2) is 0 Å². The standard InChI is InChI=1S/C25H27NO3/c27-23(26-17-13-21(14-18-26)20-9-3-1-4-10-20)19-29-24(28)25(15-7-8-16-25)22-11-5-2-6-12-22/h1-6,9-13H,7-8,14-19H2. The fourth-order valence-electron chi connectivity index (χ4n) is 4.51. The summed E-state index contributed by atoms with van der Waals surface area (Å²) >= 11 is 0. The number of amides is 1. The van der Waals surface area contributed by atoms with Crippen LogP contribution in [-0.4, -0.2) is 36.5 Å². The average molecular weight is 389 g/mol. The normalized spacial score (nSPS) is 18.2. The third kappa shape index (κ3) is 4.12. The number of esters is 1. The lowest BCUT2D eigenvalue weighted by molar-refractivity contribution is -0.157. The van der Waals surface area contributed by atoms with Crippen LogP contribution in [0.25, 0.3) is 5.57 Å². The van der Waals surface area contributed by atoms with E-state index in [9.17, 15) is 9.59 Å². The molecule has 0 radical (unpaired) electrons. The first-order valence-corrected chi connectivity index (χ1v) is 10.4. The lowest BCUT2D eigenvalue weighted by Crippen LogP contribution is -2.40. The Morgan fingerprint density at radius 2 is 1.59 bits per heavy atom. The van der Waals surface area contributed by atoms with E-state index < -0.39 is 5.41 Å². The zero-order chi connectivity index (χ0) is 20.1. The molecule has 0 N–H and O–H groups in total. The quantitative estimate of drug-likeness (QED) is 0.714. The first-order chi connectivity index (χ1) is 14.2. The molecule has 2 aromatic carbocycles. The third-order valence-electron chi connectivity index (χ3n) is 6.21. The van der Waals surface area contributed by atoms with E-state index in [1.165, 1.54) is 11.1 Å². The van der Waals surface area contributed by atoms with Crippen LogP contribution in [0.15, 0.2) is 66.7 Å². The predicted molar refractivity (Wildman–Crippen MR) is 113 cm³/mol. The second-order valence-corrected chi connectivity index (χ2v) is 7.92. The number of nitrogens with zero attached hydrogens (tertiary/aromatic N) is 1. The summed E-state index contributed by atoms with van der Waals surface area (Å²) in [6.07, 6.45) is 6.51. The molecule has 1 amide bonds. The van der Waals surface area contributed by atoms with Gasteiger partial charge in [-0.2, -0.15) is 0 Å². The number of hydrogen-bond acceptors (Lipinski definition) is 3. The Bertz CT molecular complexity index is 883. The smallest absolute Gasteiger partial charge is 0.317 e. The monoisotopic (exact) mass is 389 g/mol. The fraction of sp³-hybridized carbons (Fsp3) is 0.360. The number of rotatable bonds is 5. The number of carbonyl (C=O) groups excluding carboxylic acids is 2. The zero-order valence-corrected chi connectivity index (χ0v) is 16.7. The van der Waals surface area contributed by atoms with Crippen molar-refractivity contribution in [1.82, 2.24) is 4.90 Å². The van der Waals surface area contributed by atoms with Crippen LogP contribution in [0, 0.1) is 0 Å². The maximum atomic E-state index is 13.0. The number of benzene rings is 2. The van der Waals surface area contributed by atoms with Crippen LogP contribution >= 0.6 is 0 Å². The van der Waals surface area contributed by atoms with Gasteiger partial charge in [0.1, 0.15) is 0 Å². The third-order valence-corrected chi connectivity index (χ3v) is 6.21. The molecule has 2 aliphatic rings. The molecule has 1 aliphatic heterocycles. The van der Waals surface area contributed by atoms with E-state index in [0.29, 0.717) is 13.1 Å². The molecule has 4 heteroatoms. The second-order valence-electron chi connectivity index (χ2n) is 7.92. The van der Waals surface area contributed by atoms with Crippen molar-refractivity contribution in [1.29, 1.82) is 0 Å². The van der Waals surface area contributed by atoms with Gasteiger partial charge in [0.15, 0.2) is 6.61 Å². The van der Waals surface area contributed by atoms with Crippen LogP contribution < -0.4 is 0 Å². The van der Waals surface area contributed by atoms with E-state index in [2.05, 4.69) is 18.2 Å². The summed E-state index contributed by atoms with van der Waals surface area (Å²) in [5.74, 6) is -0.380. The second kappa shape index (κ2) is 8.64. The molecule has 0 bridgehead atoms. The molecule has 1 saturated carbocycles. The van der Waals surface area contributed by atoms with E-state index in [-0.39, 0.29) is 18.5 Å². The largest absolute Gasteiger partial charge is 0.455 e. The zero-order valence-electron chi connectivity index (χ0n) is 16.7. The molecule has 0 spiro atoms. The molecule has 0 unspecified atom stereocenters. The van der Waals surface area contributed by atoms with Crippen LogP contribution in [0.1, 0.15) is 43.2 Å². The molecular weight excluding hydrogens is 362 g/mol. The van der Waals surface area contributed by atoms with Gasteiger partial charge in [-0.15, -0.1) is 0 Å². The predicted octanol–water partition coefficient (Wildman–Crippen LogP) is 4.36. The molecular formula is C25H27NO3. The summed E-state index contributed by atoms with van der Waals surface area (Å²) < 4.78 is 5.56. The van der Waals surface area contributed by atoms with Gasteiger partial charge in [-0.3, -0.25) is 9.59 Å². The van der Waals surface area contributed by atoms with Crippen molar-refractivity contribution in [3.8, 4) is 0 Å². The minimum absolute atomic E-state index is 0.122. The molecule has 0 atom stereocenters. The summed E-state index contributed by atoms with van der Waals surface area (Å²) in [5, 5.41) is 0. The molecule has 2 aromatic rings. The summed E-state index contributed by atoms with van der Waals surface area (Å²) in [5.41, 5.74) is 2.88. The molecule has 1 aliphatic carbocycles. The van der Waals surface area contributed by atoms with E-state index in [4.69, 9.17) is 4.74 Å². The van der Waals surface area contributed by atoms with Crippen molar-refractivity contribution < 1.29 is 14.3 Å². The Kier molecular flexibility index (Phi) is 5.79. The van der Waals surface area contributed by atoms with Gasteiger partial charge in [-0.05, 0) is 36.0 Å². The summed E-state index contributed by atoms with van der Waals surface area (Å²) in [6, 6.07) is 20.1. The highest BCUT2D eigenvalue weighted by Crippen LogP contribution is 2.42. The number of carbonyl (C=O) groups is 2. The first kappa shape index (κ1) is 19.4. The average Bonchev–Trinajstić information content (AvgIpc) is 3.30. The highest BCUT2D eigenvalue weighted by Gasteiger charge is 2.44. The van der Waals surface area contributed by atoms with Gasteiger partial charge in [0.05, 0.1) is 5.41 Å². The molecule has 0 saturated heterocycles. The van der Waals surface area contributed by atoms with Gasteiger partial charge in [0.2, 0.25) is 0 Å². The molecule has 4 rings (SSSR count). The summed E-state index contributed by atoms with van der Waals surface area (Å²) in [4.78, 5) is 27.4. The van der Waals surface area contributed by atoms with Crippen LogP contribution in [0.4, 0.5) is 0 Å². The van der Waals surface area contributed by atoms with E-state index in [1.54, 1.807) is 4.90 Å². The minimum Gasteiger partial charge on any atom is -0.455 e. The SMILES string of the molecule is O=C(COC(=O)C1(c2ccccc2)CCCC1)N1CC=C(c2ccccc2)CC1. The molecule has 29 heavy (non-hydrogen) atoms. The first-order valence-electron chi connectivity index (χ1n) is 10.4. The van der Waals surface area contributed by atoms with Crippen molar-refractivity contribution in [2.45, 2.75) is 37.5 Å². The van der Waals surface area contributed by atoms with Crippen LogP contribution in [0.2, 0.25) is 0 Å². The topological polar surface area (TPSA) is 46.6 Å². The summed E-state index contributed by atoms with van der Waals surface area (Å²) in [7, 11) is 0. The maximum Gasteiger partial charge on any atom is 0.317 e. The van der Waals surface area contributed by atoms with Crippen molar-refractivity contribution >= 4 is 17.4 Å². The van der Waals surface area contributed by atoms with Crippen molar-refractivity contribution in [2.75, 3.05) is 19.7 Å². The van der Waals surface area contributed by atoms with Crippen molar-refractivity contribution in [3.05, 3.63) is 77.9 Å². The van der Waals surface area contributed by atoms with Crippen LogP contribution in [-0.2, 0) is 19.7 Å². The fourth-order valence-corrected chi connectivity index (χ4v) is 4.51. The number of ether oxygens (including phenoxy) is 1. The molecule has 4 nitrogen and oxygen atoms in total. The van der Waals surface area contributed by atoms with E-state index in [1.807, 2.05) is 48.5 Å².